The Morgan fingerprint density at radius 1 is 1.25 bits per heavy atom. The highest BCUT2D eigenvalue weighted by Gasteiger charge is 2.43. The van der Waals surface area contributed by atoms with Crippen molar-refractivity contribution in [3.05, 3.63) is 42.5 Å². The molecule has 1 aromatic carbocycles. The van der Waals surface area contributed by atoms with Crippen LogP contribution in [0.4, 0.5) is 17.6 Å². The van der Waals surface area contributed by atoms with Crippen LogP contribution >= 0.6 is 0 Å². The van der Waals surface area contributed by atoms with Crippen molar-refractivity contribution in [2.45, 2.75) is 19.0 Å². The van der Waals surface area contributed by atoms with Gasteiger partial charge < -0.3 is 4.74 Å². The first-order valence-corrected chi connectivity index (χ1v) is 4.50. The maximum Gasteiger partial charge on any atom is 0.461 e. The van der Waals surface area contributed by atoms with E-state index in [0.29, 0.717) is 6.42 Å². The summed E-state index contributed by atoms with van der Waals surface area (Å²) in [6.45, 7) is 3.51. The second-order valence-corrected chi connectivity index (χ2v) is 3.10. The summed E-state index contributed by atoms with van der Waals surface area (Å²) in [5.74, 6) is -0.293. The molecule has 0 heterocycles. The summed E-state index contributed by atoms with van der Waals surface area (Å²) < 4.78 is 52.5. The van der Waals surface area contributed by atoms with Crippen LogP contribution in [0.15, 0.2) is 36.9 Å². The van der Waals surface area contributed by atoms with Crippen LogP contribution in [0.3, 0.4) is 0 Å². The summed E-state index contributed by atoms with van der Waals surface area (Å²) in [6, 6.07) is 5.46. The fourth-order valence-electron chi connectivity index (χ4n) is 1.06. The number of ether oxygens (including phenoxy) is 1. The molecule has 0 bridgehead atoms. The fourth-order valence-corrected chi connectivity index (χ4v) is 1.06. The Kier molecular flexibility index (Phi) is 3.93. The summed E-state index contributed by atoms with van der Waals surface area (Å²) in [4.78, 5) is 0. The summed E-state index contributed by atoms with van der Waals surface area (Å²) in [7, 11) is 0. The minimum Gasteiger partial charge on any atom is -0.428 e. The minimum absolute atomic E-state index is 0.293. The van der Waals surface area contributed by atoms with Gasteiger partial charge in [-0.05, 0) is 24.1 Å². The Hall–Kier alpha value is -1.52. The zero-order valence-corrected chi connectivity index (χ0v) is 8.30. The highest BCUT2D eigenvalue weighted by molar-refractivity contribution is 5.28. The normalized spacial score (nSPS) is 11.6. The smallest absolute Gasteiger partial charge is 0.428 e. The Labute approximate surface area is 90.3 Å². The van der Waals surface area contributed by atoms with Gasteiger partial charge in [0.15, 0.2) is 0 Å². The maximum atomic E-state index is 12.5. The van der Waals surface area contributed by atoms with Gasteiger partial charge in [-0.3, -0.25) is 0 Å². The lowest BCUT2D eigenvalue weighted by molar-refractivity contribution is -0.253. The molecule has 1 nitrogen and oxygen atoms in total. The molecule has 0 aliphatic rings. The molecule has 1 aromatic rings. The van der Waals surface area contributed by atoms with Crippen LogP contribution in [0.25, 0.3) is 0 Å². The van der Waals surface area contributed by atoms with Gasteiger partial charge in [-0.1, -0.05) is 18.2 Å². The van der Waals surface area contributed by atoms with Crippen LogP contribution in [-0.4, -0.2) is 12.5 Å². The van der Waals surface area contributed by atoms with Gasteiger partial charge in [0.2, 0.25) is 0 Å². The van der Waals surface area contributed by atoms with Gasteiger partial charge in [0.05, 0.1) is 0 Å². The average Bonchev–Trinajstić information content (AvgIpc) is 2.21. The molecule has 16 heavy (non-hydrogen) atoms. The van der Waals surface area contributed by atoms with Gasteiger partial charge in [-0.25, -0.2) is 0 Å². The number of rotatable bonds is 5. The number of benzene rings is 1. The van der Waals surface area contributed by atoms with Crippen molar-refractivity contribution in [3.63, 3.8) is 0 Å². The van der Waals surface area contributed by atoms with Crippen molar-refractivity contribution in [2.24, 2.45) is 0 Å². The second kappa shape index (κ2) is 5.01. The average molecular weight is 234 g/mol. The highest BCUT2D eigenvalue weighted by atomic mass is 19.3. The van der Waals surface area contributed by atoms with Crippen LogP contribution in [0, 0.1) is 0 Å². The molecular weight excluding hydrogens is 224 g/mol. The highest BCUT2D eigenvalue weighted by Crippen LogP contribution is 2.27. The Morgan fingerprint density at radius 3 is 2.25 bits per heavy atom. The lowest BCUT2D eigenvalue weighted by Gasteiger charge is -2.16. The number of hydrogen-bond donors (Lipinski definition) is 0. The van der Waals surface area contributed by atoms with E-state index in [9.17, 15) is 17.6 Å². The van der Waals surface area contributed by atoms with E-state index in [2.05, 4.69) is 11.3 Å². The topological polar surface area (TPSA) is 9.23 Å². The maximum absolute atomic E-state index is 12.5. The van der Waals surface area contributed by atoms with Crippen molar-refractivity contribution in [2.75, 3.05) is 0 Å². The second-order valence-electron chi connectivity index (χ2n) is 3.10. The number of hydrogen-bond acceptors (Lipinski definition) is 1. The molecule has 0 unspecified atom stereocenters. The van der Waals surface area contributed by atoms with Crippen LogP contribution in [0.1, 0.15) is 5.56 Å². The third-order valence-corrected chi connectivity index (χ3v) is 1.81. The van der Waals surface area contributed by atoms with Gasteiger partial charge in [-0.2, -0.15) is 17.6 Å². The lowest BCUT2D eigenvalue weighted by Crippen LogP contribution is -2.33. The SMILES string of the molecule is C=CCc1ccc(OC(F)(F)C(F)F)cc1. The van der Waals surface area contributed by atoms with Crippen LogP contribution in [0.5, 0.6) is 5.75 Å². The van der Waals surface area contributed by atoms with E-state index in [4.69, 9.17) is 0 Å². The molecule has 0 saturated heterocycles. The summed E-state index contributed by atoms with van der Waals surface area (Å²) >= 11 is 0. The summed E-state index contributed by atoms with van der Waals surface area (Å²) in [5, 5.41) is 0. The molecule has 0 saturated carbocycles. The van der Waals surface area contributed by atoms with E-state index in [0.717, 1.165) is 5.56 Å². The molecule has 0 aliphatic carbocycles. The lowest BCUT2D eigenvalue weighted by atomic mass is 10.1. The van der Waals surface area contributed by atoms with Gasteiger partial charge in [0.1, 0.15) is 5.75 Å². The number of halogens is 4. The standard InChI is InChI=1S/C11H10F4O/c1-2-3-8-4-6-9(7-5-8)16-11(14,15)10(12)13/h2,4-7,10H,1,3H2. The molecule has 0 aromatic heterocycles. The molecule has 0 radical (unpaired) electrons. The van der Waals surface area contributed by atoms with Gasteiger partial charge in [0.25, 0.3) is 0 Å². The van der Waals surface area contributed by atoms with E-state index >= 15 is 0 Å². The zero-order valence-electron chi connectivity index (χ0n) is 8.30. The fraction of sp³-hybridized carbons (Fsp3) is 0.273. The Morgan fingerprint density at radius 2 is 1.81 bits per heavy atom. The minimum atomic E-state index is -4.46. The monoisotopic (exact) mass is 234 g/mol. The number of allylic oxidation sites excluding steroid dienone is 1. The molecule has 0 N–H and O–H groups in total. The van der Waals surface area contributed by atoms with E-state index in [1.165, 1.54) is 24.3 Å². The van der Waals surface area contributed by atoms with Gasteiger partial charge in [0, 0.05) is 0 Å². The van der Waals surface area contributed by atoms with E-state index in [1.807, 2.05) is 0 Å². The molecule has 0 aliphatic heterocycles. The van der Waals surface area contributed by atoms with Crippen LogP contribution < -0.4 is 4.74 Å². The summed E-state index contributed by atoms with van der Waals surface area (Å²) in [6.07, 6.45) is -6.09. The van der Waals surface area contributed by atoms with Crippen molar-refractivity contribution >= 4 is 0 Å². The molecule has 0 spiro atoms. The first kappa shape index (κ1) is 12.5. The van der Waals surface area contributed by atoms with E-state index < -0.39 is 12.5 Å². The van der Waals surface area contributed by atoms with Crippen molar-refractivity contribution < 1.29 is 22.3 Å². The van der Waals surface area contributed by atoms with Crippen molar-refractivity contribution in [1.82, 2.24) is 0 Å². The third kappa shape index (κ3) is 3.25. The van der Waals surface area contributed by atoms with Gasteiger partial charge >= 0.3 is 12.5 Å². The van der Waals surface area contributed by atoms with Crippen LogP contribution in [-0.2, 0) is 6.42 Å². The first-order valence-electron chi connectivity index (χ1n) is 4.50. The molecule has 88 valence electrons. The first-order chi connectivity index (χ1) is 7.45. The molecule has 0 fully saturated rings. The predicted molar refractivity (Wildman–Crippen MR) is 51.9 cm³/mol. The Bertz CT molecular complexity index is 346. The molecule has 5 heteroatoms. The molecule has 1 rings (SSSR count). The molecular formula is C11H10F4O. The van der Waals surface area contributed by atoms with Crippen LogP contribution in [0.2, 0.25) is 0 Å². The number of alkyl halides is 4. The summed E-state index contributed by atoms with van der Waals surface area (Å²) in [5.41, 5.74) is 0.836. The zero-order chi connectivity index (χ0) is 12.2. The quantitative estimate of drug-likeness (QED) is 0.558. The van der Waals surface area contributed by atoms with Crippen molar-refractivity contribution in [1.29, 1.82) is 0 Å². The van der Waals surface area contributed by atoms with Gasteiger partial charge in [-0.15, -0.1) is 6.58 Å². The largest absolute Gasteiger partial charge is 0.461 e. The predicted octanol–water partition coefficient (Wildman–Crippen LogP) is 3.65. The molecule has 0 amide bonds. The molecule has 0 atom stereocenters. The van der Waals surface area contributed by atoms with E-state index in [1.54, 1.807) is 6.08 Å². The van der Waals surface area contributed by atoms with Crippen molar-refractivity contribution in [3.8, 4) is 5.75 Å². The Balaban J connectivity index is 2.72. The van der Waals surface area contributed by atoms with E-state index in [-0.39, 0.29) is 5.75 Å². The third-order valence-electron chi connectivity index (χ3n) is 1.81.